The van der Waals surface area contributed by atoms with Crippen molar-refractivity contribution in [3.8, 4) is 11.5 Å². The number of nitrogens with zero attached hydrogens (tertiary/aromatic N) is 2. The van der Waals surface area contributed by atoms with Crippen molar-refractivity contribution in [2.75, 3.05) is 10.6 Å². The fraction of sp³-hybridized carbons (Fsp3) is 0.231. The standard InChI is InChI=1S/C26H26N4O8.H2O/c1-15(2)37-23-11-9-17(29(33)34)13-19(23)25(31)27-21-7-5-6-8-22(21)28-26(32)20-14-18(30(35)36)10-12-24(20)38-16(3)4;/h5-16H,1-4H3,(H,27,31)(H,28,32);1H2. The lowest BCUT2D eigenvalue weighted by Crippen LogP contribution is -2.19. The molecule has 0 aliphatic carbocycles. The number of anilines is 2. The minimum atomic E-state index is -0.703. The lowest BCUT2D eigenvalue weighted by Gasteiger charge is -2.17. The Kier molecular flexibility index (Phi) is 10.0. The summed E-state index contributed by atoms with van der Waals surface area (Å²) in [6, 6.07) is 13.6. The fourth-order valence-corrected chi connectivity index (χ4v) is 3.41. The molecule has 0 fully saturated rings. The van der Waals surface area contributed by atoms with E-state index in [9.17, 15) is 29.8 Å². The van der Waals surface area contributed by atoms with Crippen molar-refractivity contribution in [2.24, 2.45) is 0 Å². The van der Waals surface area contributed by atoms with E-state index in [1.807, 2.05) is 0 Å². The number of nitro benzene ring substituents is 2. The molecule has 13 heteroatoms. The Labute approximate surface area is 223 Å². The van der Waals surface area contributed by atoms with Crippen molar-refractivity contribution in [1.82, 2.24) is 0 Å². The summed E-state index contributed by atoms with van der Waals surface area (Å²) in [5.74, 6) is -1.11. The van der Waals surface area contributed by atoms with E-state index in [-0.39, 0.29) is 63.1 Å². The van der Waals surface area contributed by atoms with Gasteiger partial charge in [0.05, 0.1) is 44.6 Å². The Balaban J connectivity index is 0.00000533. The number of benzene rings is 3. The lowest BCUT2D eigenvalue weighted by molar-refractivity contribution is -0.385. The second-order valence-electron chi connectivity index (χ2n) is 8.66. The van der Waals surface area contributed by atoms with Gasteiger partial charge in [-0.15, -0.1) is 0 Å². The van der Waals surface area contributed by atoms with Gasteiger partial charge in [-0.05, 0) is 52.0 Å². The summed E-state index contributed by atoms with van der Waals surface area (Å²) in [6.07, 6.45) is -0.599. The predicted molar refractivity (Wildman–Crippen MR) is 144 cm³/mol. The van der Waals surface area contributed by atoms with E-state index in [1.54, 1.807) is 39.8 Å². The van der Waals surface area contributed by atoms with Crippen LogP contribution in [0.5, 0.6) is 11.5 Å². The summed E-state index contributed by atoms with van der Waals surface area (Å²) in [5.41, 5.74) is -0.359. The SMILES string of the molecule is CC(C)Oc1ccc([N+](=O)[O-])cc1C(=O)Nc1ccccc1NC(=O)c1cc([N+](=O)[O-])ccc1OC(C)C.O. The number of hydrogen-bond acceptors (Lipinski definition) is 8. The van der Waals surface area contributed by atoms with Crippen LogP contribution < -0.4 is 20.1 Å². The highest BCUT2D eigenvalue weighted by atomic mass is 16.6. The summed E-state index contributed by atoms with van der Waals surface area (Å²) in [7, 11) is 0. The summed E-state index contributed by atoms with van der Waals surface area (Å²) in [6.45, 7) is 7.00. The summed E-state index contributed by atoms with van der Waals surface area (Å²) in [4.78, 5) is 47.6. The zero-order valence-corrected chi connectivity index (χ0v) is 21.6. The molecule has 0 bridgehead atoms. The smallest absolute Gasteiger partial charge is 0.270 e. The van der Waals surface area contributed by atoms with Crippen LogP contribution in [-0.2, 0) is 0 Å². The van der Waals surface area contributed by atoms with E-state index < -0.39 is 21.7 Å². The summed E-state index contributed by atoms with van der Waals surface area (Å²) >= 11 is 0. The molecule has 39 heavy (non-hydrogen) atoms. The molecule has 0 aliphatic heterocycles. The Morgan fingerprint density at radius 2 is 1.05 bits per heavy atom. The zero-order valence-electron chi connectivity index (χ0n) is 21.6. The van der Waals surface area contributed by atoms with Crippen LogP contribution in [0.3, 0.4) is 0 Å². The summed E-state index contributed by atoms with van der Waals surface area (Å²) < 4.78 is 11.3. The molecule has 3 aromatic rings. The van der Waals surface area contributed by atoms with E-state index in [0.717, 1.165) is 12.1 Å². The molecular weight excluding hydrogens is 512 g/mol. The van der Waals surface area contributed by atoms with E-state index in [2.05, 4.69) is 10.6 Å². The molecule has 0 aromatic heterocycles. The average Bonchev–Trinajstić information content (AvgIpc) is 2.84. The topological polar surface area (TPSA) is 194 Å². The number of rotatable bonds is 10. The first-order valence-electron chi connectivity index (χ1n) is 11.6. The average molecular weight is 541 g/mol. The minimum Gasteiger partial charge on any atom is -0.490 e. The third kappa shape index (κ3) is 7.72. The largest absolute Gasteiger partial charge is 0.490 e. The number of para-hydroxylation sites is 2. The molecule has 13 nitrogen and oxygen atoms in total. The van der Waals surface area contributed by atoms with Crippen molar-refractivity contribution in [1.29, 1.82) is 0 Å². The number of ether oxygens (including phenoxy) is 2. The van der Waals surface area contributed by atoms with Crippen LogP contribution >= 0.6 is 0 Å². The molecule has 2 amide bonds. The molecule has 3 aromatic carbocycles. The molecule has 4 N–H and O–H groups in total. The molecule has 206 valence electrons. The molecule has 3 rings (SSSR count). The third-order valence-corrected chi connectivity index (χ3v) is 4.99. The van der Waals surface area contributed by atoms with Crippen LogP contribution in [0.25, 0.3) is 0 Å². The Morgan fingerprint density at radius 3 is 1.36 bits per heavy atom. The number of nitro groups is 2. The van der Waals surface area contributed by atoms with Gasteiger partial charge in [0, 0.05) is 24.3 Å². The van der Waals surface area contributed by atoms with Crippen LogP contribution in [0.15, 0.2) is 60.7 Å². The van der Waals surface area contributed by atoms with Crippen molar-refractivity contribution in [2.45, 2.75) is 39.9 Å². The number of nitrogens with one attached hydrogen (secondary N) is 2. The van der Waals surface area contributed by atoms with E-state index >= 15 is 0 Å². The number of hydrogen-bond donors (Lipinski definition) is 2. The lowest BCUT2D eigenvalue weighted by atomic mass is 10.1. The summed E-state index contributed by atoms with van der Waals surface area (Å²) in [5, 5.41) is 27.8. The van der Waals surface area contributed by atoms with E-state index in [0.29, 0.717) is 0 Å². The van der Waals surface area contributed by atoms with Gasteiger partial charge < -0.3 is 25.6 Å². The van der Waals surface area contributed by atoms with Gasteiger partial charge in [-0.1, -0.05) is 12.1 Å². The van der Waals surface area contributed by atoms with Crippen molar-refractivity contribution >= 4 is 34.6 Å². The number of non-ortho nitro benzene ring substituents is 2. The molecule has 0 radical (unpaired) electrons. The van der Waals surface area contributed by atoms with Gasteiger partial charge in [0.2, 0.25) is 0 Å². The number of carbonyl (C=O) groups is 2. The van der Waals surface area contributed by atoms with E-state index in [1.165, 1.54) is 36.4 Å². The predicted octanol–water partition coefficient (Wildman–Crippen LogP) is 4.76. The maximum Gasteiger partial charge on any atom is 0.270 e. The molecule has 0 heterocycles. The van der Waals surface area contributed by atoms with Crippen molar-refractivity contribution < 1.29 is 34.4 Å². The fourth-order valence-electron chi connectivity index (χ4n) is 3.41. The Hall–Kier alpha value is -5.04. The van der Waals surface area contributed by atoms with Gasteiger partial charge in [-0.2, -0.15) is 0 Å². The second kappa shape index (κ2) is 13.0. The third-order valence-electron chi connectivity index (χ3n) is 4.99. The van der Waals surface area contributed by atoms with Crippen LogP contribution in [0.1, 0.15) is 48.4 Å². The van der Waals surface area contributed by atoms with Gasteiger partial charge in [-0.3, -0.25) is 29.8 Å². The van der Waals surface area contributed by atoms with Gasteiger partial charge in [0.25, 0.3) is 23.2 Å². The Morgan fingerprint density at radius 1 is 0.692 bits per heavy atom. The van der Waals surface area contributed by atoms with Gasteiger partial charge in [-0.25, -0.2) is 0 Å². The molecule has 0 saturated carbocycles. The normalized spacial score (nSPS) is 10.4. The maximum atomic E-state index is 13.2. The van der Waals surface area contributed by atoms with Gasteiger partial charge in [0.1, 0.15) is 11.5 Å². The number of carbonyl (C=O) groups excluding carboxylic acids is 2. The zero-order chi connectivity index (χ0) is 28.0. The maximum absolute atomic E-state index is 13.2. The van der Waals surface area contributed by atoms with Crippen LogP contribution in [-0.4, -0.2) is 39.3 Å². The highest BCUT2D eigenvalue weighted by Crippen LogP contribution is 2.30. The van der Waals surface area contributed by atoms with Crippen molar-refractivity contribution in [3.63, 3.8) is 0 Å². The van der Waals surface area contributed by atoms with E-state index in [4.69, 9.17) is 9.47 Å². The minimum absolute atomic E-state index is 0. The van der Waals surface area contributed by atoms with Crippen LogP contribution in [0, 0.1) is 20.2 Å². The molecule has 0 saturated heterocycles. The highest BCUT2D eigenvalue weighted by Gasteiger charge is 2.22. The number of amides is 2. The van der Waals surface area contributed by atoms with Crippen molar-refractivity contribution in [3.05, 3.63) is 92.0 Å². The van der Waals surface area contributed by atoms with Gasteiger partial charge in [0.15, 0.2) is 0 Å². The first-order chi connectivity index (χ1) is 18.0. The Bertz CT molecular complexity index is 1290. The molecule has 0 unspecified atom stereocenters. The second-order valence-corrected chi connectivity index (χ2v) is 8.66. The molecule has 0 spiro atoms. The van der Waals surface area contributed by atoms with Crippen LogP contribution in [0.4, 0.5) is 22.7 Å². The first kappa shape index (κ1) is 30.2. The van der Waals surface area contributed by atoms with Crippen LogP contribution in [0.2, 0.25) is 0 Å². The monoisotopic (exact) mass is 540 g/mol. The quantitative estimate of drug-likeness (QED) is 0.271. The first-order valence-corrected chi connectivity index (χ1v) is 11.6. The molecule has 0 aliphatic rings. The molecular formula is C26H28N4O9. The highest BCUT2D eigenvalue weighted by molar-refractivity contribution is 6.11. The molecule has 0 atom stereocenters. The van der Waals surface area contributed by atoms with Gasteiger partial charge >= 0.3 is 0 Å².